The molecular weight excluding hydrogens is 262 g/mol. The second-order valence-corrected chi connectivity index (χ2v) is 6.36. The third-order valence-electron chi connectivity index (χ3n) is 4.49. The van der Waals surface area contributed by atoms with Crippen LogP contribution in [0.25, 0.3) is 0 Å². The molecule has 0 amide bonds. The predicted octanol–water partition coefficient (Wildman–Crippen LogP) is 3.10. The molecule has 3 nitrogen and oxygen atoms in total. The summed E-state index contributed by atoms with van der Waals surface area (Å²) in [6, 6.07) is 6.61. The van der Waals surface area contributed by atoms with E-state index in [0.29, 0.717) is 6.10 Å². The van der Waals surface area contributed by atoms with E-state index in [1.165, 1.54) is 49.7 Å². The minimum absolute atomic E-state index is 0.188. The molecule has 0 radical (unpaired) electrons. The number of hydrogen-bond acceptors (Lipinski definition) is 3. The van der Waals surface area contributed by atoms with Crippen molar-refractivity contribution in [1.29, 1.82) is 0 Å². The van der Waals surface area contributed by atoms with Crippen LogP contribution < -0.4 is 10.1 Å². The van der Waals surface area contributed by atoms with Crippen molar-refractivity contribution in [2.24, 2.45) is 0 Å². The molecule has 1 heterocycles. The van der Waals surface area contributed by atoms with Crippen LogP contribution in [0.4, 0.5) is 0 Å². The fourth-order valence-electron chi connectivity index (χ4n) is 3.31. The molecule has 1 aliphatic heterocycles. The molecule has 21 heavy (non-hydrogen) atoms. The monoisotopic (exact) mass is 289 g/mol. The van der Waals surface area contributed by atoms with E-state index in [1.807, 2.05) is 0 Å². The van der Waals surface area contributed by atoms with Gasteiger partial charge in [-0.25, -0.2) is 0 Å². The molecule has 2 atom stereocenters. The average Bonchev–Trinajstić information content (AvgIpc) is 3.00. The van der Waals surface area contributed by atoms with Crippen molar-refractivity contribution in [2.75, 3.05) is 19.7 Å². The molecule has 1 aromatic carbocycles. The van der Waals surface area contributed by atoms with Crippen molar-refractivity contribution in [1.82, 2.24) is 5.32 Å². The number of rotatable bonds is 6. The quantitative estimate of drug-likeness (QED) is 0.873. The van der Waals surface area contributed by atoms with Gasteiger partial charge in [0.25, 0.3) is 0 Å². The maximum atomic E-state index is 6.04. The van der Waals surface area contributed by atoms with Crippen LogP contribution in [0.2, 0.25) is 0 Å². The Morgan fingerprint density at radius 2 is 2.10 bits per heavy atom. The van der Waals surface area contributed by atoms with E-state index >= 15 is 0 Å². The standard InChI is InChI=1S/C18H27NO2/c1-14(12-19-13-18-7-4-10-20-18)21-17-9-8-15-5-2-3-6-16(15)11-17/h8-9,11,14,18-19H,2-7,10,12-13H2,1H3. The lowest BCUT2D eigenvalue weighted by molar-refractivity contribution is 0.106. The first-order chi connectivity index (χ1) is 10.3. The summed E-state index contributed by atoms with van der Waals surface area (Å²) in [6.07, 6.45) is 8.06. The molecule has 1 N–H and O–H groups in total. The maximum Gasteiger partial charge on any atom is 0.120 e. The van der Waals surface area contributed by atoms with Crippen LogP contribution in [0.1, 0.15) is 43.7 Å². The largest absolute Gasteiger partial charge is 0.489 e. The molecule has 1 saturated heterocycles. The number of fused-ring (bicyclic) bond motifs is 1. The van der Waals surface area contributed by atoms with Crippen LogP contribution in [0.5, 0.6) is 5.75 Å². The molecule has 0 saturated carbocycles. The lowest BCUT2D eigenvalue weighted by atomic mass is 9.92. The zero-order chi connectivity index (χ0) is 14.5. The summed E-state index contributed by atoms with van der Waals surface area (Å²) in [6.45, 7) is 4.87. The number of hydrogen-bond donors (Lipinski definition) is 1. The molecule has 1 aliphatic carbocycles. The van der Waals surface area contributed by atoms with E-state index < -0.39 is 0 Å². The van der Waals surface area contributed by atoms with Gasteiger partial charge in [0.1, 0.15) is 11.9 Å². The Labute approximate surface area is 128 Å². The van der Waals surface area contributed by atoms with E-state index in [2.05, 4.69) is 30.4 Å². The Kier molecular flexibility index (Phi) is 5.15. The summed E-state index contributed by atoms with van der Waals surface area (Å²) in [7, 11) is 0. The van der Waals surface area contributed by atoms with Gasteiger partial charge in [-0.15, -0.1) is 0 Å². The Hall–Kier alpha value is -1.06. The Balaban J connectivity index is 1.44. The molecule has 1 fully saturated rings. The smallest absolute Gasteiger partial charge is 0.120 e. The highest BCUT2D eigenvalue weighted by Crippen LogP contribution is 2.25. The normalized spacial score (nSPS) is 22.8. The molecule has 3 heteroatoms. The molecular formula is C18H27NO2. The van der Waals surface area contributed by atoms with Crippen molar-refractivity contribution in [2.45, 2.75) is 57.7 Å². The summed E-state index contributed by atoms with van der Waals surface area (Å²) in [4.78, 5) is 0. The van der Waals surface area contributed by atoms with Gasteiger partial charge in [-0.05, 0) is 68.7 Å². The van der Waals surface area contributed by atoms with Crippen molar-refractivity contribution < 1.29 is 9.47 Å². The molecule has 116 valence electrons. The fraction of sp³-hybridized carbons (Fsp3) is 0.667. The van der Waals surface area contributed by atoms with Crippen molar-refractivity contribution in [3.63, 3.8) is 0 Å². The van der Waals surface area contributed by atoms with Crippen LogP contribution in [0.3, 0.4) is 0 Å². The van der Waals surface area contributed by atoms with Crippen LogP contribution in [0.15, 0.2) is 18.2 Å². The van der Waals surface area contributed by atoms with E-state index in [4.69, 9.17) is 9.47 Å². The first kappa shape index (κ1) is 14.9. The molecule has 2 unspecified atom stereocenters. The lowest BCUT2D eigenvalue weighted by Gasteiger charge is -2.20. The first-order valence-electron chi connectivity index (χ1n) is 8.42. The van der Waals surface area contributed by atoms with Gasteiger partial charge in [-0.1, -0.05) is 6.07 Å². The number of nitrogens with one attached hydrogen (secondary N) is 1. The number of aryl methyl sites for hydroxylation is 2. The van der Waals surface area contributed by atoms with Gasteiger partial charge >= 0.3 is 0 Å². The maximum absolute atomic E-state index is 6.04. The average molecular weight is 289 g/mol. The molecule has 1 aromatic rings. The van der Waals surface area contributed by atoms with E-state index in [1.54, 1.807) is 0 Å². The van der Waals surface area contributed by atoms with Crippen LogP contribution in [0, 0.1) is 0 Å². The lowest BCUT2D eigenvalue weighted by Crippen LogP contribution is -2.34. The molecule has 3 rings (SSSR count). The highest BCUT2D eigenvalue weighted by Gasteiger charge is 2.15. The minimum Gasteiger partial charge on any atom is -0.489 e. The number of benzene rings is 1. The Bertz CT molecular complexity index is 455. The molecule has 0 aromatic heterocycles. The highest BCUT2D eigenvalue weighted by molar-refractivity contribution is 5.37. The van der Waals surface area contributed by atoms with Crippen molar-refractivity contribution >= 4 is 0 Å². The van der Waals surface area contributed by atoms with E-state index in [0.717, 1.165) is 25.4 Å². The van der Waals surface area contributed by atoms with Gasteiger partial charge in [0.2, 0.25) is 0 Å². The summed E-state index contributed by atoms with van der Waals surface area (Å²) in [5.74, 6) is 1.02. The first-order valence-corrected chi connectivity index (χ1v) is 8.42. The van der Waals surface area contributed by atoms with E-state index in [-0.39, 0.29) is 6.10 Å². The Morgan fingerprint density at radius 3 is 2.90 bits per heavy atom. The summed E-state index contributed by atoms with van der Waals surface area (Å²) < 4.78 is 11.7. The molecule has 2 aliphatic rings. The second-order valence-electron chi connectivity index (χ2n) is 6.36. The molecule has 0 spiro atoms. The summed E-state index contributed by atoms with van der Waals surface area (Å²) in [5, 5.41) is 3.46. The SMILES string of the molecule is CC(CNCC1CCCO1)Oc1ccc2c(c1)CCCC2. The zero-order valence-electron chi connectivity index (χ0n) is 13.1. The summed E-state index contributed by atoms with van der Waals surface area (Å²) in [5.41, 5.74) is 3.00. The summed E-state index contributed by atoms with van der Waals surface area (Å²) >= 11 is 0. The van der Waals surface area contributed by atoms with Gasteiger partial charge in [0, 0.05) is 19.7 Å². The van der Waals surface area contributed by atoms with Crippen LogP contribution >= 0.6 is 0 Å². The third kappa shape index (κ3) is 4.21. The van der Waals surface area contributed by atoms with Gasteiger partial charge in [0.15, 0.2) is 0 Å². The van der Waals surface area contributed by atoms with Gasteiger partial charge in [-0.2, -0.15) is 0 Å². The fourth-order valence-corrected chi connectivity index (χ4v) is 3.31. The van der Waals surface area contributed by atoms with Gasteiger partial charge < -0.3 is 14.8 Å². The Morgan fingerprint density at radius 1 is 1.24 bits per heavy atom. The second kappa shape index (κ2) is 7.28. The third-order valence-corrected chi connectivity index (χ3v) is 4.49. The van der Waals surface area contributed by atoms with Crippen LogP contribution in [-0.2, 0) is 17.6 Å². The minimum atomic E-state index is 0.188. The predicted molar refractivity (Wildman–Crippen MR) is 85.0 cm³/mol. The van der Waals surface area contributed by atoms with Gasteiger partial charge in [0.05, 0.1) is 6.10 Å². The topological polar surface area (TPSA) is 30.5 Å². The van der Waals surface area contributed by atoms with E-state index in [9.17, 15) is 0 Å². The van der Waals surface area contributed by atoms with Crippen molar-refractivity contribution in [3.05, 3.63) is 29.3 Å². The van der Waals surface area contributed by atoms with Crippen molar-refractivity contribution in [3.8, 4) is 5.75 Å². The zero-order valence-corrected chi connectivity index (χ0v) is 13.1. The van der Waals surface area contributed by atoms with Crippen LogP contribution in [-0.4, -0.2) is 31.9 Å². The highest BCUT2D eigenvalue weighted by atomic mass is 16.5. The molecule has 0 bridgehead atoms. The number of ether oxygens (including phenoxy) is 2. The van der Waals surface area contributed by atoms with Gasteiger partial charge in [-0.3, -0.25) is 0 Å².